The number of hydrogen-bond acceptors (Lipinski definition) is 3. The lowest BCUT2D eigenvalue weighted by Gasteiger charge is -2.19. The Labute approximate surface area is 158 Å². The smallest absolute Gasteiger partial charge is 0.408 e. The molecule has 2 rings (SSSR count). The van der Waals surface area contributed by atoms with Gasteiger partial charge < -0.3 is 10.1 Å². The monoisotopic (exact) mass is 381 g/mol. The largest absolute Gasteiger partial charge is 0.444 e. The van der Waals surface area contributed by atoms with Crippen LogP contribution in [-0.2, 0) is 4.74 Å². The summed E-state index contributed by atoms with van der Waals surface area (Å²) in [5, 5.41) is 3.68. The molecule has 4 nitrogen and oxygen atoms in total. The molecule has 0 saturated carbocycles. The van der Waals surface area contributed by atoms with Gasteiger partial charge in [0.05, 0.1) is 6.54 Å². The van der Waals surface area contributed by atoms with Gasteiger partial charge in [0, 0.05) is 15.6 Å². The zero-order valence-corrected chi connectivity index (χ0v) is 15.9. The highest BCUT2D eigenvalue weighted by atomic mass is 35.5. The van der Waals surface area contributed by atoms with E-state index in [0.717, 1.165) is 5.02 Å². The van der Waals surface area contributed by atoms with Crippen molar-refractivity contribution < 1.29 is 14.3 Å². The average Bonchev–Trinajstić information content (AvgIpc) is 2.52. The third kappa shape index (κ3) is 9.75. The van der Waals surface area contributed by atoms with E-state index in [4.69, 9.17) is 27.9 Å². The summed E-state index contributed by atoms with van der Waals surface area (Å²) in [6, 6.07) is 16.0. The van der Waals surface area contributed by atoms with Gasteiger partial charge in [-0.15, -0.1) is 0 Å². The van der Waals surface area contributed by atoms with Gasteiger partial charge in [-0.25, -0.2) is 4.79 Å². The lowest BCUT2D eigenvalue weighted by molar-refractivity contribution is 0.0520. The van der Waals surface area contributed by atoms with Crippen molar-refractivity contribution in [2.75, 3.05) is 6.54 Å². The fourth-order valence-electron chi connectivity index (χ4n) is 1.65. The van der Waals surface area contributed by atoms with Crippen LogP contribution in [0.5, 0.6) is 0 Å². The highest BCUT2D eigenvalue weighted by Gasteiger charge is 2.16. The molecule has 0 radical (unpaired) electrons. The summed E-state index contributed by atoms with van der Waals surface area (Å²) < 4.78 is 5.02. The number of Topliss-reactive ketones (excluding diaryl/α,β-unsaturated/α-hetero) is 1. The van der Waals surface area contributed by atoms with Crippen LogP contribution >= 0.6 is 23.2 Å². The maximum atomic E-state index is 11.7. The van der Waals surface area contributed by atoms with Crippen molar-refractivity contribution >= 4 is 35.1 Å². The minimum atomic E-state index is -0.613. The number of carbonyl (C=O) groups is 2. The molecule has 134 valence electrons. The Hall–Kier alpha value is -2.04. The molecule has 0 unspecified atom stereocenters. The molecule has 25 heavy (non-hydrogen) atoms. The van der Waals surface area contributed by atoms with Gasteiger partial charge in [-0.05, 0) is 45.0 Å². The SMILES string of the molecule is CC(C)(C)OC(=O)NCC(=O)c1cccc(Cl)c1.Clc1ccccc1. The average molecular weight is 382 g/mol. The predicted molar refractivity (Wildman–Crippen MR) is 101 cm³/mol. The van der Waals surface area contributed by atoms with Gasteiger partial charge in [-0.2, -0.15) is 0 Å². The maximum absolute atomic E-state index is 11.7. The number of carbonyl (C=O) groups excluding carboxylic acids is 2. The van der Waals surface area contributed by atoms with Crippen LogP contribution in [0.15, 0.2) is 54.6 Å². The Kier molecular flexibility index (Phi) is 8.46. The standard InChI is InChI=1S/C13H16ClNO3.C6H5Cl/c1-13(2,3)18-12(17)15-8-11(16)9-5-4-6-10(14)7-9;7-6-4-2-1-3-5-6/h4-7H,8H2,1-3H3,(H,15,17);1-5H. The fourth-order valence-corrected chi connectivity index (χ4v) is 1.98. The molecule has 0 spiro atoms. The van der Waals surface area contributed by atoms with Gasteiger partial charge >= 0.3 is 6.09 Å². The first-order valence-corrected chi connectivity index (χ1v) is 8.39. The second-order valence-electron chi connectivity index (χ2n) is 6.08. The third-order valence-electron chi connectivity index (χ3n) is 2.67. The third-order valence-corrected chi connectivity index (χ3v) is 3.16. The topological polar surface area (TPSA) is 55.4 Å². The quantitative estimate of drug-likeness (QED) is 0.725. The van der Waals surface area contributed by atoms with E-state index in [1.54, 1.807) is 45.0 Å². The molecule has 2 aromatic rings. The minimum absolute atomic E-state index is 0.116. The predicted octanol–water partition coefficient (Wildman–Crippen LogP) is 5.39. The summed E-state index contributed by atoms with van der Waals surface area (Å²) in [7, 11) is 0. The molecule has 0 aliphatic rings. The minimum Gasteiger partial charge on any atom is -0.444 e. The molecule has 0 aromatic heterocycles. The van der Waals surface area contributed by atoms with Crippen molar-refractivity contribution in [3.63, 3.8) is 0 Å². The number of amides is 1. The maximum Gasteiger partial charge on any atom is 0.408 e. The number of halogens is 2. The molecular weight excluding hydrogens is 361 g/mol. The number of alkyl carbamates (subject to hydrolysis) is 1. The Morgan fingerprint density at radius 1 is 0.960 bits per heavy atom. The molecular formula is C19H21Cl2NO3. The van der Waals surface area contributed by atoms with E-state index in [0.29, 0.717) is 10.6 Å². The van der Waals surface area contributed by atoms with Crippen molar-refractivity contribution in [2.24, 2.45) is 0 Å². The van der Waals surface area contributed by atoms with Crippen molar-refractivity contribution in [1.82, 2.24) is 5.32 Å². The van der Waals surface area contributed by atoms with Gasteiger partial charge in [0.1, 0.15) is 5.60 Å². The molecule has 0 atom stereocenters. The molecule has 0 fully saturated rings. The van der Waals surface area contributed by atoms with Gasteiger partial charge in [0.2, 0.25) is 0 Å². The van der Waals surface area contributed by atoms with Crippen molar-refractivity contribution in [1.29, 1.82) is 0 Å². The van der Waals surface area contributed by atoms with Crippen molar-refractivity contribution in [3.05, 3.63) is 70.2 Å². The van der Waals surface area contributed by atoms with Crippen LogP contribution in [0, 0.1) is 0 Å². The molecule has 0 bridgehead atoms. The van der Waals surface area contributed by atoms with Crippen LogP contribution in [0.1, 0.15) is 31.1 Å². The Bertz CT molecular complexity index is 697. The Morgan fingerprint density at radius 2 is 1.56 bits per heavy atom. The first kappa shape index (κ1) is 21.0. The van der Waals surface area contributed by atoms with Crippen LogP contribution in [0.4, 0.5) is 4.79 Å². The van der Waals surface area contributed by atoms with E-state index < -0.39 is 11.7 Å². The molecule has 0 aliphatic carbocycles. The Balaban J connectivity index is 0.000000370. The highest BCUT2D eigenvalue weighted by molar-refractivity contribution is 6.31. The summed E-state index contributed by atoms with van der Waals surface area (Å²) in [4.78, 5) is 23.1. The second-order valence-corrected chi connectivity index (χ2v) is 6.96. The summed E-state index contributed by atoms with van der Waals surface area (Å²) in [5.74, 6) is -0.219. The van der Waals surface area contributed by atoms with Crippen LogP contribution in [-0.4, -0.2) is 24.0 Å². The van der Waals surface area contributed by atoms with E-state index in [-0.39, 0.29) is 12.3 Å². The van der Waals surface area contributed by atoms with Gasteiger partial charge in [0.15, 0.2) is 5.78 Å². The summed E-state index contributed by atoms with van der Waals surface area (Å²) in [5.41, 5.74) is -0.123. The Morgan fingerprint density at radius 3 is 2.04 bits per heavy atom. The summed E-state index contributed by atoms with van der Waals surface area (Å²) in [6.45, 7) is 5.15. The first-order valence-electron chi connectivity index (χ1n) is 7.63. The molecule has 0 saturated heterocycles. The number of benzene rings is 2. The zero-order valence-electron chi connectivity index (χ0n) is 14.4. The van der Waals surface area contributed by atoms with E-state index in [9.17, 15) is 9.59 Å². The molecule has 2 aromatic carbocycles. The van der Waals surface area contributed by atoms with E-state index in [1.807, 2.05) is 30.3 Å². The number of hydrogen-bond donors (Lipinski definition) is 1. The lowest BCUT2D eigenvalue weighted by atomic mass is 10.1. The number of ether oxygens (including phenoxy) is 1. The molecule has 1 amide bonds. The number of rotatable bonds is 3. The fraction of sp³-hybridized carbons (Fsp3) is 0.263. The summed E-state index contributed by atoms with van der Waals surface area (Å²) in [6.07, 6.45) is -0.613. The molecule has 0 aliphatic heterocycles. The van der Waals surface area contributed by atoms with Crippen LogP contribution in [0.2, 0.25) is 10.0 Å². The van der Waals surface area contributed by atoms with Gasteiger partial charge in [0.25, 0.3) is 0 Å². The number of ketones is 1. The second kappa shape index (κ2) is 10.1. The van der Waals surface area contributed by atoms with Crippen molar-refractivity contribution in [2.45, 2.75) is 26.4 Å². The van der Waals surface area contributed by atoms with Crippen LogP contribution in [0.25, 0.3) is 0 Å². The van der Waals surface area contributed by atoms with Crippen LogP contribution in [0.3, 0.4) is 0 Å². The van der Waals surface area contributed by atoms with Gasteiger partial charge in [-0.1, -0.05) is 53.5 Å². The van der Waals surface area contributed by atoms with E-state index in [1.165, 1.54) is 0 Å². The molecule has 0 heterocycles. The molecule has 6 heteroatoms. The van der Waals surface area contributed by atoms with E-state index >= 15 is 0 Å². The van der Waals surface area contributed by atoms with Gasteiger partial charge in [-0.3, -0.25) is 4.79 Å². The van der Waals surface area contributed by atoms with Crippen molar-refractivity contribution in [3.8, 4) is 0 Å². The summed E-state index contributed by atoms with van der Waals surface area (Å²) >= 11 is 11.3. The lowest BCUT2D eigenvalue weighted by Crippen LogP contribution is -2.35. The first-order chi connectivity index (χ1) is 11.7. The highest BCUT2D eigenvalue weighted by Crippen LogP contribution is 2.11. The van der Waals surface area contributed by atoms with E-state index in [2.05, 4.69) is 5.32 Å². The zero-order chi connectivity index (χ0) is 18.9. The van der Waals surface area contributed by atoms with Crippen LogP contribution < -0.4 is 5.32 Å². The normalized spacial score (nSPS) is 10.3. The molecule has 1 N–H and O–H groups in total. The number of nitrogens with one attached hydrogen (secondary N) is 1.